The molecule has 2 atom stereocenters. The van der Waals surface area contributed by atoms with Crippen molar-refractivity contribution in [3.63, 3.8) is 0 Å². The summed E-state index contributed by atoms with van der Waals surface area (Å²) in [4.78, 5) is 14.1. The Morgan fingerprint density at radius 2 is 1.95 bits per heavy atom. The first kappa shape index (κ1) is 16.1. The third kappa shape index (κ3) is 6.64. The van der Waals surface area contributed by atoms with E-state index in [4.69, 9.17) is 0 Å². The van der Waals surface area contributed by atoms with Gasteiger partial charge in [0.25, 0.3) is 0 Å². The molecule has 0 aliphatic heterocycles. The largest absolute Gasteiger partial charge is 0.353 e. The third-order valence-corrected chi connectivity index (χ3v) is 3.39. The van der Waals surface area contributed by atoms with Crippen LogP contribution in [-0.2, 0) is 11.2 Å². The maximum atomic E-state index is 12.0. The summed E-state index contributed by atoms with van der Waals surface area (Å²) >= 11 is 4.40. The van der Waals surface area contributed by atoms with Crippen molar-refractivity contribution in [2.24, 2.45) is 0 Å². The van der Waals surface area contributed by atoms with Crippen LogP contribution < -0.4 is 5.32 Å². The summed E-state index contributed by atoms with van der Waals surface area (Å²) in [7, 11) is 4.07. The summed E-state index contributed by atoms with van der Waals surface area (Å²) in [6.45, 7) is 3.00. The first-order chi connectivity index (χ1) is 8.99. The van der Waals surface area contributed by atoms with Crippen LogP contribution in [-0.4, -0.2) is 42.7 Å². The van der Waals surface area contributed by atoms with Crippen LogP contribution in [0, 0.1) is 0 Å². The first-order valence-corrected chi connectivity index (χ1v) is 7.17. The molecular weight excluding hydrogens is 256 g/mol. The molecule has 2 unspecified atom stereocenters. The van der Waals surface area contributed by atoms with E-state index in [0.717, 1.165) is 18.5 Å². The quantitative estimate of drug-likeness (QED) is 0.749. The minimum absolute atomic E-state index is 0.0124. The normalized spacial score (nSPS) is 14.2. The van der Waals surface area contributed by atoms with Crippen LogP contribution in [0.4, 0.5) is 0 Å². The van der Waals surface area contributed by atoms with Crippen LogP contribution >= 0.6 is 12.6 Å². The molecule has 0 radical (unpaired) electrons. The predicted octanol–water partition coefficient (Wildman–Crippen LogP) is 1.98. The van der Waals surface area contributed by atoms with Gasteiger partial charge in [0, 0.05) is 6.04 Å². The number of benzene rings is 1. The Labute approximate surface area is 121 Å². The molecule has 1 amide bonds. The molecule has 1 N–H and O–H groups in total. The summed E-state index contributed by atoms with van der Waals surface area (Å²) in [6, 6.07) is 10.2. The molecule has 0 aliphatic carbocycles. The number of thiol groups is 1. The number of nitrogens with zero attached hydrogens (tertiary/aromatic N) is 1. The highest BCUT2D eigenvalue weighted by molar-refractivity contribution is 7.81. The fourth-order valence-electron chi connectivity index (χ4n) is 1.79. The van der Waals surface area contributed by atoms with E-state index >= 15 is 0 Å². The van der Waals surface area contributed by atoms with Gasteiger partial charge >= 0.3 is 0 Å². The SMILES string of the molecule is CC(CCN(C)C)NC(=O)C(S)Cc1ccccc1. The summed E-state index contributed by atoms with van der Waals surface area (Å²) < 4.78 is 0. The van der Waals surface area contributed by atoms with Crippen molar-refractivity contribution in [1.82, 2.24) is 10.2 Å². The summed E-state index contributed by atoms with van der Waals surface area (Å²) in [5.74, 6) is 0.0124. The number of carbonyl (C=O) groups excluding carboxylic acids is 1. The molecule has 1 aromatic carbocycles. The number of nitrogens with one attached hydrogen (secondary N) is 1. The Bertz CT molecular complexity index is 381. The molecule has 19 heavy (non-hydrogen) atoms. The molecule has 4 heteroatoms. The summed E-state index contributed by atoms with van der Waals surface area (Å²) in [5, 5.41) is 2.73. The van der Waals surface area contributed by atoms with E-state index in [2.05, 4.69) is 22.8 Å². The summed E-state index contributed by atoms with van der Waals surface area (Å²) in [6.07, 6.45) is 1.61. The molecule has 1 rings (SSSR count). The Hall–Kier alpha value is -1.00. The standard InChI is InChI=1S/C15H24N2OS/c1-12(9-10-17(2)3)16-15(18)14(19)11-13-7-5-4-6-8-13/h4-8,12,14,19H,9-11H2,1-3H3,(H,16,18). The van der Waals surface area contributed by atoms with Gasteiger partial charge in [0.15, 0.2) is 0 Å². The van der Waals surface area contributed by atoms with E-state index in [9.17, 15) is 4.79 Å². The lowest BCUT2D eigenvalue weighted by atomic mass is 10.1. The van der Waals surface area contributed by atoms with E-state index in [0.29, 0.717) is 6.42 Å². The van der Waals surface area contributed by atoms with Crippen molar-refractivity contribution in [2.45, 2.75) is 31.1 Å². The molecule has 0 fully saturated rings. The van der Waals surface area contributed by atoms with Gasteiger partial charge in [0.1, 0.15) is 0 Å². The number of rotatable bonds is 7. The van der Waals surface area contributed by atoms with Gasteiger partial charge in [-0.3, -0.25) is 4.79 Å². The number of hydrogen-bond acceptors (Lipinski definition) is 3. The highest BCUT2D eigenvalue weighted by Gasteiger charge is 2.16. The van der Waals surface area contributed by atoms with Crippen LogP contribution in [0.5, 0.6) is 0 Å². The van der Waals surface area contributed by atoms with E-state index in [-0.39, 0.29) is 17.2 Å². The number of amides is 1. The van der Waals surface area contributed by atoms with Crippen molar-refractivity contribution in [2.75, 3.05) is 20.6 Å². The molecule has 0 aliphatic rings. The molecule has 0 saturated carbocycles. The zero-order valence-electron chi connectivity index (χ0n) is 12.0. The lowest BCUT2D eigenvalue weighted by Gasteiger charge is -2.19. The van der Waals surface area contributed by atoms with Crippen LogP contribution in [0.1, 0.15) is 18.9 Å². The lowest BCUT2D eigenvalue weighted by Crippen LogP contribution is -2.40. The van der Waals surface area contributed by atoms with Gasteiger partial charge in [0.05, 0.1) is 5.25 Å². The highest BCUT2D eigenvalue weighted by Crippen LogP contribution is 2.08. The Balaban J connectivity index is 2.36. The molecule has 1 aromatic rings. The van der Waals surface area contributed by atoms with Crippen LogP contribution in [0.3, 0.4) is 0 Å². The topological polar surface area (TPSA) is 32.3 Å². The Kier molecular flexibility index (Phi) is 6.95. The second-order valence-corrected chi connectivity index (χ2v) is 5.83. The maximum Gasteiger partial charge on any atom is 0.233 e. The van der Waals surface area contributed by atoms with Gasteiger partial charge in [-0.15, -0.1) is 0 Å². The number of hydrogen-bond donors (Lipinski definition) is 2. The second-order valence-electron chi connectivity index (χ2n) is 5.21. The molecule has 0 aromatic heterocycles. The second kappa shape index (κ2) is 8.23. The average Bonchev–Trinajstić information content (AvgIpc) is 2.37. The molecule has 3 nitrogen and oxygen atoms in total. The average molecular weight is 280 g/mol. The lowest BCUT2D eigenvalue weighted by molar-refractivity contribution is -0.121. The van der Waals surface area contributed by atoms with Gasteiger partial charge < -0.3 is 10.2 Å². The van der Waals surface area contributed by atoms with Crippen molar-refractivity contribution in [1.29, 1.82) is 0 Å². The Morgan fingerprint density at radius 3 is 2.53 bits per heavy atom. The highest BCUT2D eigenvalue weighted by atomic mass is 32.1. The number of carbonyl (C=O) groups is 1. The maximum absolute atomic E-state index is 12.0. The molecule has 0 heterocycles. The van der Waals surface area contributed by atoms with Gasteiger partial charge in [0.2, 0.25) is 5.91 Å². The zero-order chi connectivity index (χ0) is 14.3. The van der Waals surface area contributed by atoms with Crippen molar-refractivity contribution in [3.05, 3.63) is 35.9 Å². The molecule has 0 bridgehead atoms. The minimum Gasteiger partial charge on any atom is -0.353 e. The fourth-order valence-corrected chi connectivity index (χ4v) is 2.08. The van der Waals surface area contributed by atoms with E-state index < -0.39 is 0 Å². The predicted molar refractivity (Wildman–Crippen MR) is 83.7 cm³/mol. The van der Waals surface area contributed by atoms with Crippen molar-refractivity contribution >= 4 is 18.5 Å². The first-order valence-electron chi connectivity index (χ1n) is 6.66. The van der Waals surface area contributed by atoms with E-state index in [1.807, 2.05) is 51.4 Å². The Morgan fingerprint density at radius 1 is 1.32 bits per heavy atom. The minimum atomic E-state index is -0.288. The molecular formula is C15H24N2OS. The fraction of sp³-hybridized carbons (Fsp3) is 0.533. The monoisotopic (exact) mass is 280 g/mol. The summed E-state index contributed by atoms with van der Waals surface area (Å²) in [5.41, 5.74) is 1.14. The smallest absolute Gasteiger partial charge is 0.233 e. The van der Waals surface area contributed by atoms with Crippen LogP contribution in [0.2, 0.25) is 0 Å². The van der Waals surface area contributed by atoms with E-state index in [1.165, 1.54) is 0 Å². The third-order valence-electron chi connectivity index (χ3n) is 2.97. The molecule has 0 saturated heterocycles. The van der Waals surface area contributed by atoms with Gasteiger partial charge in [-0.2, -0.15) is 12.6 Å². The van der Waals surface area contributed by atoms with Gasteiger partial charge in [-0.1, -0.05) is 30.3 Å². The molecule has 0 spiro atoms. The van der Waals surface area contributed by atoms with Gasteiger partial charge in [-0.05, 0) is 46.0 Å². The van der Waals surface area contributed by atoms with Crippen molar-refractivity contribution in [3.8, 4) is 0 Å². The van der Waals surface area contributed by atoms with E-state index in [1.54, 1.807) is 0 Å². The van der Waals surface area contributed by atoms with Gasteiger partial charge in [-0.25, -0.2) is 0 Å². The van der Waals surface area contributed by atoms with Crippen molar-refractivity contribution < 1.29 is 4.79 Å². The van der Waals surface area contributed by atoms with Crippen LogP contribution in [0.25, 0.3) is 0 Å². The molecule has 106 valence electrons. The zero-order valence-corrected chi connectivity index (χ0v) is 12.9. The van der Waals surface area contributed by atoms with Crippen LogP contribution in [0.15, 0.2) is 30.3 Å².